The molecule has 0 unspecified atom stereocenters. The molecule has 18 heavy (non-hydrogen) atoms. The zero-order valence-corrected chi connectivity index (χ0v) is 10.4. The summed E-state index contributed by atoms with van der Waals surface area (Å²) in [7, 11) is 0. The van der Waals surface area contributed by atoms with Crippen molar-refractivity contribution < 1.29 is 4.79 Å². The van der Waals surface area contributed by atoms with Gasteiger partial charge in [0.25, 0.3) is 5.91 Å². The Hall–Kier alpha value is -2.21. The van der Waals surface area contributed by atoms with Crippen LogP contribution in [0.3, 0.4) is 0 Å². The molecule has 2 N–H and O–H groups in total. The number of hydrogen-bond acceptors (Lipinski definition) is 4. The second kappa shape index (κ2) is 4.23. The number of H-pyrrole nitrogens is 1. The lowest BCUT2D eigenvalue weighted by molar-refractivity contribution is 0.102. The van der Waals surface area contributed by atoms with Gasteiger partial charge in [-0.1, -0.05) is 0 Å². The van der Waals surface area contributed by atoms with E-state index in [1.54, 1.807) is 22.9 Å². The highest BCUT2D eigenvalue weighted by Crippen LogP contribution is 2.22. The van der Waals surface area contributed by atoms with Gasteiger partial charge >= 0.3 is 0 Å². The Balaban J connectivity index is 1.85. The third-order valence-corrected chi connectivity index (χ3v) is 3.32. The first-order chi connectivity index (χ1) is 8.72. The zero-order valence-electron chi connectivity index (χ0n) is 9.60. The fraction of sp³-hybridized carbons (Fsp3) is 0.0833. The topological polar surface area (TPSA) is 70.7 Å². The van der Waals surface area contributed by atoms with Gasteiger partial charge in [0.05, 0.1) is 15.7 Å². The van der Waals surface area contributed by atoms with E-state index in [4.69, 9.17) is 0 Å². The lowest BCUT2D eigenvalue weighted by Crippen LogP contribution is -2.12. The summed E-state index contributed by atoms with van der Waals surface area (Å²) in [5.74, 6) is -0.219. The van der Waals surface area contributed by atoms with Gasteiger partial charge in [0.1, 0.15) is 0 Å². The van der Waals surface area contributed by atoms with Gasteiger partial charge in [-0.05, 0) is 31.2 Å². The third kappa shape index (κ3) is 1.98. The minimum atomic E-state index is -0.219. The van der Waals surface area contributed by atoms with E-state index in [2.05, 4.69) is 20.5 Å². The molecule has 0 bridgehead atoms. The van der Waals surface area contributed by atoms with Gasteiger partial charge in [-0.25, -0.2) is 4.98 Å². The molecule has 90 valence electrons. The number of thiazole rings is 1. The number of hydrogen-bond donors (Lipinski definition) is 2. The van der Waals surface area contributed by atoms with E-state index < -0.39 is 0 Å². The highest BCUT2D eigenvalue weighted by Gasteiger charge is 2.09. The summed E-state index contributed by atoms with van der Waals surface area (Å²) in [6.45, 7) is 1.85. The van der Waals surface area contributed by atoms with Crippen molar-refractivity contribution in [2.45, 2.75) is 6.92 Å². The molecular weight excluding hydrogens is 248 g/mol. The van der Waals surface area contributed by atoms with Crippen LogP contribution in [0, 0.1) is 6.92 Å². The molecule has 0 spiro atoms. The molecule has 0 radical (unpaired) electrons. The number of anilines is 1. The number of rotatable bonds is 2. The summed E-state index contributed by atoms with van der Waals surface area (Å²) >= 11 is 1.54. The summed E-state index contributed by atoms with van der Waals surface area (Å²) in [6.07, 6.45) is 0. The van der Waals surface area contributed by atoms with Gasteiger partial charge in [0.2, 0.25) is 0 Å². The molecule has 0 saturated carbocycles. The largest absolute Gasteiger partial charge is 0.321 e. The number of nitrogens with zero attached hydrogens (tertiary/aromatic N) is 2. The number of amides is 1. The van der Waals surface area contributed by atoms with Gasteiger partial charge in [-0.3, -0.25) is 9.89 Å². The lowest BCUT2D eigenvalue weighted by atomic mass is 10.3. The van der Waals surface area contributed by atoms with E-state index in [1.807, 2.05) is 25.1 Å². The molecule has 1 amide bonds. The molecular formula is C12H10N4OS. The van der Waals surface area contributed by atoms with E-state index in [1.165, 1.54) is 0 Å². The summed E-state index contributed by atoms with van der Waals surface area (Å²) in [6, 6.07) is 7.34. The summed E-state index contributed by atoms with van der Waals surface area (Å²) in [5, 5.41) is 9.47. The molecule has 3 rings (SSSR count). The van der Waals surface area contributed by atoms with Crippen LogP contribution >= 0.6 is 11.3 Å². The van der Waals surface area contributed by atoms with Crippen molar-refractivity contribution in [2.24, 2.45) is 0 Å². The molecule has 6 heteroatoms. The maximum Gasteiger partial charge on any atom is 0.276 e. The maximum absolute atomic E-state index is 11.9. The average molecular weight is 258 g/mol. The number of carbonyl (C=O) groups excluding carboxylic acids is 1. The van der Waals surface area contributed by atoms with Crippen LogP contribution in [0.1, 0.15) is 16.2 Å². The minimum absolute atomic E-state index is 0.219. The molecule has 2 aromatic heterocycles. The second-order valence-corrected chi connectivity index (χ2v) is 4.81. The summed E-state index contributed by atoms with van der Waals surface area (Å²) in [4.78, 5) is 16.1. The molecule has 1 aromatic carbocycles. The first-order valence-corrected chi connectivity index (χ1v) is 6.27. The van der Waals surface area contributed by atoms with E-state index in [0.29, 0.717) is 5.69 Å². The predicted molar refractivity (Wildman–Crippen MR) is 70.9 cm³/mol. The molecule has 0 aliphatic heterocycles. The minimum Gasteiger partial charge on any atom is -0.321 e. The van der Waals surface area contributed by atoms with E-state index in [0.717, 1.165) is 21.6 Å². The van der Waals surface area contributed by atoms with Crippen LogP contribution in [0.2, 0.25) is 0 Å². The van der Waals surface area contributed by atoms with Crippen LogP contribution in [0.4, 0.5) is 5.69 Å². The smallest absolute Gasteiger partial charge is 0.276 e. The first kappa shape index (κ1) is 10.9. The number of aromatic amines is 1. The van der Waals surface area contributed by atoms with E-state index in [-0.39, 0.29) is 5.91 Å². The monoisotopic (exact) mass is 258 g/mol. The molecule has 0 fully saturated rings. The second-order valence-electron chi connectivity index (χ2n) is 3.93. The molecule has 0 aliphatic rings. The van der Waals surface area contributed by atoms with Crippen molar-refractivity contribution >= 4 is 33.1 Å². The average Bonchev–Trinajstić information content (AvgIpc) is 2.96. The normalized spacial score (nSPS) is 10.7. The summed E-state index contributed by atoms with van der Waals surface area (Å²) < 4.78 is 1.05. The Morgan fingerprint density at radius 1 is 1.39 bits per heavy atom. The Morgan fingerprint density at radius 2 is 2.28 bits per heavy atom. The van der Waals surface area contributed by atoms with Crippen LogP contribution < -0.4 is 5.32 Å². The highest BCUT2D eigenvalue weighted by atomic mass is 32.1. The lowest BCUT2D eigenvalue weighted by Gasteiger charge is -2.02. The van der Waals surface area contributed by atoms with E-state index in [9.17, 15) is 4.79 Å². The van der Waals surface area contributed by atoms with Crippen molar-refractivity contribution in [1.29, 1.82) is 0 Å². The number of aryl methyl sites for hydroxylation is 1. The van der Waals surface area contributed by atoms with Crippen molar-refractivity contribution in [3.05, 3.63) is 41.2 Å². The van der Waals surface area contributed by atoms with Crippen molar-refractivity contribution in [3.8, 4) is 0 Å². The molecule has 0 atom stereocenters. The number of nitrogens with one attached hydrogen (secondary N) is 2. The maximum atomic E-state index is 11.9. The van der Waals surface area contributed by atoms with Crippen molar-refractivity contribution in [2.75, 3.05) is 5.32 Å². The fourth-order valence-electron chi connectivity index (χ4n) is 1.66. The van der Waals surface area contributed by atoms with Crippen LogP contribution in [-0.2, 0) is 0 Å². The van der Waals surface area contributed by atoms with Crippen LogP contribution in [0.15, 0.2) is 29.8 Å². The molecule has 5 nitrogen and oxygen atoms in total. The Labute approximate surface area is 107 Å². The number of fused-ring (bicyclic) bond motifs is 1. The van der Waals surface area contributed by atoms with E-state index >= 15 is 0 Å². The Morgan fingerprint density at radius 3 is 3.06 bits per heavy atom. The quantitative estimate of drug-likeness (QED) is 0.742. The van der Waals surface area contributed by atoms with Gasteiger partial charge in [0, 0.05) is 11.4 Å². The molecule has 2 heterocycles. The predicted octanol–water partition coefficient (Wildman–Crippen LogP) is 2.58. The number of benzene rings is 1. The Kier molecular flexibility index (Phi) is 2.56. The molecule has 0 aliphatic carbocycles. The standard InChI is InChI=1S/C12H10N4OS/c1-7-4-10(16-15-7)12(17)14-8-2-3-9-11(5-8)18-6-13-9/h2-6H,1H3,(H,14,17)(H,15,16). The van der Waals surface area contributed by atoms with Gasteiger partial charge in [0.15, 0.2) is 5.69 Å². The molecule has 3 aromatic rings. The fourth-order valence-corrected chi connectivity index (χ4v) is 2.38. The zero-order chi connectivity index (χ0) is 12.5. The van der Waals surface area contributed by atoms with Gasteiger partial charge in [-0.2, -0.15) is 5.10 Å². The van der Waals surface area contributed by atoms with Crippen molar-refractivity contribution in [1.82, 2.24) is 15.2 Å². The first-order valence-electron chi connectivity index (χ1n) is 5.39. The van der Waals surface area contributed by atoms with Crippen molar-refractivity contribution in [3.63, 3.8) is 0 Å². The third-order valence-electron chi connectivity index (χ3n) is 2.53. The molecule has 0 saturated heterocycles. The van der Waals surface area contributed by atoms with Crippen LogP contribution in [0.5, 0.6) is 0 Å². The Bertz CT molecular complexity index is 716. The highest BCUT2D eigenvalue weighted by molar-refractivity contribution is 7.16. The van der Waals surface area contributed by atoms with Gasteiger partial charge < -0.3 is 5.32 Å². The van der Waals surface area contributed by atoms with Crippen LogP contribution in [0.25, 0.3) is 10.2 Å². The number of carbonyl (C=O) groups is 1. The van der Waals surface area contributed by atoms with Crippen LogP contribution in [-0.4, -0.2) is 21.1 Å². The summed E-state index contributed by atoms with van der Waals surface area (Å²) in [5.41, 5.74) is 4.72. The van der Waals surface area contributed by atoms with Gasteiger partial charge in [-0.15, -0.1) is 11.3 Å². The number of aromatic nitrogens is 3. The SMILES string of the molecule is Cc1cc(C(=O)Nc2ccc3ncsc3c2)n[nH]1.